The van der Waals surface area contributed by atoms with E-state index >= 15 is 0 Å². The molecule has 2 aliphatic rings. The quantitative estimate of drug-likeness (QED) is 0.723. The van der Waals surface area contributed by atoms with Crippen molar-refractivity contribution in [3.8, 4) is 11.5 Å². The fraction of sp³-hybridized carbons (Fsp3) is 0.381. The van der Waals surface area contributed by atoms with Crippen molar-refractivity contribution >= 4 is 21.6 Å². The molecule has 2 aromatic rings. The Morgan fingerprint density at radius 3 is 2.59 bits per heavy atom. The van der Waals surface area contributed by atoms with E-state index in [4.69, 9.17) is 9.47 Å². The summed E-state index contributed by atoms with van der Waals surface area (Å²) in [6, 6.07) is 10.6. The number of rotatable bonds is 6. The van der Waals surface area contributed by atoms with Gasteiger partial charge in [0.15, 0.2) is 11.5 Å². The Kier molecular flexibility index (Phi) is 5.23. The summed E-state index contributed by atoms with van der Waals surface area (Å²) in [5.41, 5.74) is 2.21. The molecule has 0 aromatic heterocycles. The van der Waals surface area contributed by atoms with Crippen molar-refractivity contribution in [2.45, 2.75) is 38.1 Å². The van der Waals surface area contributed by atoms with Crippen LogP contribution in [0.4, 0.5) is 5.69 Å². The van der Waals surface area contributed by atoms with Gasteiger partial charge in [0.05, 0.1) is 4.90 Å². The molecule has 2 aliphatic heterocycles. The van der Waals surface area contributed by atoms with Crippen molar-refractivity contribution in [3.05, 3.63) is 47.5 Å². The SMILES string of the molecule is CCN(Cc1ccc2c(c1)OCO2)S(=O)(=O)c1ccc(N2CCCC2=O)cc1C. The Labute approximate surface area is 170 Å². The summed E-state index contributed by atoms with van der Waals surface area (Å²) in [7, 11) is -3.69. The average Bonchev–Trinajstić information content (AvgIpc) is 3.33. The zero-order valence-electron chi connectivity index (χ0n) is 16.6. The lowest BCUT2D eigenvalue weighted by Gasteiger charge is -2.23. The van der Waals surface area contributed by atoms with Crippen LogP contribution in [0, 0.1) is 6.92 Å². The summed E-state index contributed by atoms with van der Waals surface area (Å²) in [6.07, 6.45) is 1.37. The molecule has 154 valence electrons. The number of hydrogen-bond acceptors (Lipinski definition) is 5. The maximum atomic E-state index is 13.3. The Balaban J connectivity index is 1.59. The monoisotopic (exact) mass is 416 g/mol. The van der Waals surface area contributed by atoms with E-state index in [9.17, 15) is 13.2 Å². The van der Waals surface area contributed by atoms with Crippen LogP contribution in [-0.2, 0) is 21.4 Å². The molecule has 0 radical (unpaired) electrons. The number of nitrogens with zero attached hydrogens (tertiary/aromatic N) is 2. The lowest BCUT2D eigenvalue weighted by molar-refractivity contribution is -0.117. The van der Waals surface area contributed by atoms with E-state index in [1.54, 1.807) is 36.1 Å². The molecule has 2 heterocycles. The Bertz CT molecular complexity index is 1050. The van der Waals surface area contributed by atoms with Crippen LogP contribution in [0.2, 0.25) is 0 Å². The number of hydrogen-bond donors (Lipinski definition) is 0. The van der Waals surface area contributed by atoms with Crippen molar-refractivity contribution in [2.75, 3.05) is 24.8 Å². The molecule has 0 spiro atoms. The van der Waals surface area contributed by atoms with Gasteiger partial charge in [-0.25, -0.2) is 8.42 Å². The van der Waals surface area contributed by atoms with Gasteiger partial charge in [-0.2, -0.15) is 4.31 Å². The normalized spacial score (nSPS) is 16.1. The second-order valence-corrected chi connectivity index (χ2v) is 9.12. The van der Waals surface area contributed by atoms with E-state index in [0.717, 1.165) is 17.7 Å². The van der Waals surface area contributed by atoms with Crippen molar-refractivity contribution < 1.29 is 22.7 Å². The standard InChI is InChI=1S/C21H24N2O5S/c1-3-22(13-16-6-8-18-19(12-16)28-14-27-18)29(25,26)20-9-7-17(11-15(20)2)23-10-4-5-21(23)24/h6-9,11-12H,3-5,10,13-14H2,1-2H3. The van der Waals surface area contributed by atoms with Crippen molar-refractivity contribution in [1.29, 1.82) is 0 Å². The van der Waals surface area contributed by atoms with E-state index in [0.29, 0.717) is 36.6 Å². The number of benzene rings is 2. The lowest BCUT2D eigenvalue weighted by atomic mass is 10.2. The summed E-state index contributed by atoms with van der Waals surface area (Å²) in [5.74, 6) is 1.38. The highest BCUT2D eigenvalue weighted by Crippen LogP contribution is 2.34. The van der Waals surface area contributed by atoms with E-state index in [2.05, 4.69) is 0 Å². The summed E-state index contributed by atoms with van der Waals surface area (Å²) >= 11 is 0. The predicted octanol–water partition coefficient (Wildman–Crippen LogP) is 3.06. The third kappa shape index (κ3) is 3.70. The molecule has 7 nitrogen and oxygen atoms in total. The first kappa shape index (κ1) is 19.7. The van der Waals surface area contributed by atoms with Gasteiger partial charge in [-0.15, -0.1) is 0 Å². The van der Waals surface area contributed by atoms with Crippen LogP contribution in [0.5, 0.6) is 11.5 Å². The number of anilines is 1. The number of carbonyl (C=O) groups is 1. The maximum absolute atomic E-state index is 13.3. The average molecular weight is 416 g/mol. The molecule has 0 atom stereocenters. The first-order valence-electron chi connectivity index (χ1n) is 9.70. The zero-order valence-corrected chi connectivity index (χ0v) is 17.4. The molecule has 4 rings (SSSR count). The number of aryl methyl sites for hydroxylation is 1. The number of amides is 1. The van der Waals surface area contributed by atoms with Gasteiger partial charge >= 0.3 is 0 Å². The minimum absolute atomic E-state index is 0.0815. The summed E-state index contributed by atoms with van der Waals surface area (Å²) in [6.45, 7) is 5.02. The second-order valence-electron chi connectivity index (χ2n) is 7.22. The third-order valence-corrected chi connectivity index (χ3v) is 7.39. The topological polar surface area (TPSA) is 76.2 Å². The van der Waals surface area contributed by atoms with Crippen LogP contribution >= 0.6 is 0 Å². The van der Waals surface area contributed by atoms with Gasteiger partial charge < -0.3 is 14.4 Å². The van der Waals surface area contributed by atoms with E-state index in [1.165, 1.54) is 4.31 Å². The van der Waals surface area contributed by atoms with Gasteiger partial charge in [-0.05, 0) is 54.8 Å². The maximum Gasteiger partial charge on any atom is 0.243 e. The van der Waals surface area contributed by atoms with Crippen LogP contribution < -0.4 is 14.4 Å². The van der Waals surface area contributed by atoms with Crippen LogP contribution in [0.25, 0.3) is 0 Å². The van der Waals surface area contributed by atoms with Crippen LogP contribution in [0.1, 0.15) is 30.9 Å². The lowest BCUT2D eigenvalue weighted by Crippen LogP contribution is -2.31. The minimum Gasteiger partial charge on any atom is -0.454 e. The Morgan fingerprint density at radius 1 is 1.10 bits per heavy atom. The van der Waals surface area contributed by atoms with Gasteiger partial charge in [0.25, 0.3) is 0 Å². The minimum atomic E-state index is -3.69. The van der Waals surface area contributed by atoms with Gasteiger partial charge in [-0.1, -0.05) is 13.0 Å². The zero-order chi connectivity index (χ0) is 20.6. The first-order chi connectivity index (χ1) is 13.9. The molecule has 0 N–H and O–H groups in total. The molecule has 1 fully saturated rings. The molecule has 0 bridgehead atoms. The number of sulfonamides is 1. The molecule has 1 amide bonds. The molecule has 29 heavy (non-hydrogen) atoms. The van der Waals surface area contributed by atoms with Crippen molar-refractivity contribution in [1.82, 2.24) is 4.31 Å². The summed E-state index contributed by atoms with van der Waals surface area (Å²) in [5, 5.41) is 0. The smallest absolute Gasteiger partial charge is 0.243 e. The molecule has 8 heteroatoms. The van der Waals surface area contributed by atoms with Crippen LogP contribution in [0.3, 0.4) is 0 Å². The summed E-state index contributed by atoms with van der Waals surface area (Å²) < 4.78 is 38.8. The van der Waals surface area contributed by atoms with Gasteiger partial charge in [0.1, 0.15) is 0 Å². The van der Waals surface area contributed by atoms with Gasteiger partial charge in [0.2, 0.25) is 22.7 Å². The number of ether oxygens (including phenoxy) is 2. The van der Waals surface area contributed by atoms with Crippen molar-refractivity contribution in [2.24, 2.45) is 0 Å². The Hall–Kier alpha value is -2.58. The number of fused-ring (bicyclic) bond motifs is 1. The fourth-order valence-electron chi connectivity index (χ4n) is 3.76. The Morgan fingerprint density at radius 2 is 1.90 bits per heavy atom. The highest BCUT2D eigenvalue weighted by Gasteiger charge is 2.28. The van der Waals surface area contributed by atoms with E-state index in [-0.39, 0.29) is 24.1 Å². The number of carbonyl (C=O) groups excluding carboxylic acids is 1. The van der Waals surface area contributed by atoms with Crippen LogP contribution in [-0.4, -0.2) is 38.5 Å². The van der Waals surface area contributed by atoms with Gasteiger partial charge in [-0.3, -0.25) is 4.79 Å². The molecule has 0 saturated carbocycles. The van der Waals surface area contributed by atoms with Crippen molar-refractivity contribution in [3.63, 3.8) is 0 Å². The molecule has 0 unspecified atom stereocenters. The molecular formula is C21H24N2O5S. The molecular weight excluding hydrogens is 392 g/mol. The van der Waals surface area contributed by atoms with Gasteiger partial charge in [0, 0.05) is 31.7 Å². The first-order valence-corrected chi connectivity index (χ1v) is 11.1. The molecule has 0 aliphatic carbocycles. The highest BCUT2D eigenvalue weighted by molar-refractivity contribution is 7.89. The second kappa shape index (κ2) is 7.68. The predicted molar refractivity (Wildman–Crippen MR) is 109 cm³/mol. The fourth-order valence-corrected chi connectivity index (χ4v) is 5.40. The van der Waals surface area contributed by atoms with E-state index in [1.807, 2.05) is 19.1 Å². The molecule has 2 aromatic carbocycles. The van der Waals surface area contributed by atoms with E-state index < -0.39 is 10.0 Å². The highest BCUT2D eigenvalue weighted by atomic mass is 32.2. The largest absolute Gasteiger partial charge is 0.454 e. The van der Waals surface area contributed by atoms with Crippen LogP contribution in [0.15, 0.2) is 41.3 Å². The molecule has 1 saturated heterocycles. The summed E-state index contributed by atoms with van der Waals surface area (Å²) in [4.78, 5) is 14.0. The third-order valence-electron chi connectivity index (χ3n) is 5.31.